The third kappa shape index (κ3) is 6.19. The molecule has 0 aliphatic heterocycles. The van der Waals surface area contributed by atoms with E-state index < -0.39 is 0 Å². The molecule has 2 aromatic carbocycles. The smallest absolute Gasteiger partial charge is 0.260 e. The molecular formula is C24H32ClN3O2S. The molecule has 0 atom stereocenters. The van der Waals surface area contributed by atoms with E-state index in [-0.39, 0.29) is 24.4 Å². The zero-order chi connectivity index (χ0) is 21.7. The largest absolute Gasteiger partial charge is 0.491 e. The topological polar surface area (TPSA) is 45.7 Å². The maximum absolute atomic E-state index is 13.5. The van der Waals surface area contributed by atoms with Gasteiger partial charge in [0.2, 0.25) is 0 Å². The summed E-state index contributed by atoms with van der Waals surface area (Å²) in [5, 5.41) is 0.749. The Hall–Kier alpha value is -2.15. The minimum Gasteiger partial charge on any atom is -0.491 e. The van der Waals surface area contributed by atoms with Crippen LogP contribution in [0.4, 0.5) is 5.13 Å². The van der Waals surface area contributed by atoms with E-state index in [1.165, 1.54) is 0 Å². The number of anilines is 1. The number of fused-ring (bicyclic) bond motifs is 1. The Morgan fingerprint density at radius 2 is 1.74 bits per heavy atom. The molecular weight excluding hydrogens is 430 g/mol. The number of aryl methyl sites for hydroxylation is 1. The van der Waals surface area contributed by atoms with Gasteiger partial charge in [0.25, 0.3) is 5.91 Å². The van der Waals surface area contributed by atoms with Crippen LogP contribution in [0.15, 0.2) is 42.5 Å². The van der Waals surface area contributed by atoms with Gasteiger partial charge in [0.15, 0.2) is 5.13 Å². The number of benzene rings is 2. The Kier molecular flexibility index (Phi) is 9.29. The SMILES string of the molecule is CCN(CC)CCN(C(=O)c1ccc(OC(C)C)cc1)c1nc2c(C)cccc2s1.Cl. The minimum absolute atomic E-state index is 0. The molecule has 3 rings (SSSR count). The molecule has 31 heavy (non-hydrogen) atoms. The van der Waals surface area contributed by atoms with E-state index in [2.05, 4.69) is 37.8 Å². The Morgan fingerprint density at radius 3 is 2.32 bits per heavy atom. The van der Waals surface area contributed by atoms with Crippen LogP contribution in [0.1, 0.15) is 43.6 Å². The fourth-order valence-electron chi connectivity index (χ4n) is 3.36. The zero-order valence-corrected chi connectivity index (χ0v) is 20.6. The number of rotatable bonds is 9. The van der Waals surface area contributed by atoms with Gasteiger partial charge >= 0.3 is 0 Å². The molecule has 0 saturated carbocycles. The molecule has 1 heterocycles. The van der Waals surface area contributed by atoms with Gasteiger partial charge in [-0.2, -0.15) is 0 Å². The van der Waals surface area contributed by atoms with Gasteiger partial charge < -0.3 is 9.64 Å². The van der Waals surface area contributed by atoms with Gasteiger partial charge in [-0.25, -0.2) is 4.98 Å². The lowest BCUT2D eigenvalue weighted by Gasteiger charge is -2.25. The Bertz CT molecular complexity index is 984. The van der Waals surface area contributed by atoms with Crippen molar-refractivity contribution in [3.8, 4) is 5.75 Å². The molecule has 5 nitrogen and oxygen atoms in total. The first kappa shape index (κ1) is 25.1. The van der Waals surface area contributed by atoms with Crippen LogP contribution >= 0.6 is 23.7 Å². The first-order valence-corrected chi connectivity index (χ1v) is 11.4. The van der Waals surface area contributed by atoms with E-state index in [0.29, 0.717) is 12.1 Å². The first-order valence-electron chi connectivity index (χ1n) is 10.6. The Balaban J connectivity index is 0.00000341. The van der Waals surface area contributed by atoms with E-state index in [9.17, 15) is 4.79 Å². The molecule has 1 amide bonds. The van der Waals surface area contributed by atoms with Crippen molar-refractivity contribution in [2.45, 2.75) is 40.7 Å². The summed E-state index contributed by atoms with van der Waals surface area (Å²) in [5.74, 6) is 0.738. The van der Waals surface area contributed by atoms with E-state index >= 15 is 0 Å². The lowest BCUT2D eigenvalue weighted by Crippen LogP contribution is -2.38. The van der Waals surface area contributed by atoms with Crippen molar-refractivity contribution >= 4 is 45.0 Å². The molecule has 3 aromatic rings. The van der Waals surface area contributed by atoms with E-state index in [4.69, 9.17) is 9.72 Å². The molecule has 1 aromatic heterocycles. The molecule has 0 spiro atoms. The Labute approximate surface area is 195 Å². The van der Waals surface area contributed by atoms with Crippen LogP contribution in [0.5, 0.6) is 5.75 Å². The van der Waals surface area contributed by atoms with Crippen LogP contribution in [-0.2, 0) is 0 Å². The maximum atomic E-state index is 13.5. The predicted molar refractivity (Wildman–Crippen MR) is 133 cm³/mol. The van der Waals surface area contributed by atoms with Gasteiger partial charge in [0.05, 0.1) is 16.3 Å². The summed E-state index contributed by atoms with van der Waals surface area (Å²) in [6, 6.07) is 13.5. The highest BCUT2D eigenvalue weighted by Crippen LogP contribution is 2.31. The van der Waals surface area contributed by atoms with Crippen LogP contribution in [0.2, 0.25) is 0 Å². The molecule has 0 saturated heterocycles. The summed E-state index contributed by atoms with van der Waals surface area (Å²) in [4.78, 5) is 22.4. The van der Waals surface area contributed by atoms with Gasteiger partial charge in [0.1, 0.15) is 5.75 Å². The number of nitrogens with zero attached hydrogens (tertiary/aromatic N) is 3. The van der Waals surface area contributed by atoms with Gasteiger partial charge in [-0.3, -0.25) is 9.69 Å². The number of para-hydroxylation sites is 1. The normalized spacial score (nSPS) is 11.1. The third-order valence-electron chi connectivity index (χ3n) is 5.09. The van der Waals surface area contributed by atoms with Crippen molar-refractivity contribution in [1.29, 1.82) is 0 Å². The van der Waals surface area contributed by atoms with Crippen LogP contribution in [0, 0.1) is 6.92 Å². The van der Waals surface area contributed by atoms with Crippen LogP contribution in [-0.4, -0.2) is 48.1 Å². The van der Waals surface area contributed by atoms with Crippen LogP contribution in [0.3, 0.4) is 0 Å². The van der Waals surface area contributed by atoms with Crippen molar-refractivity contribution in [2.24, 2.45) is 0 Å². The van der Waals surface area contributed by atoms with Crippen molar-refractivity contribution < 1.29 is 9.53 Å². The number of aromatic nitrogens is 1. The average molecular weight is 462 g/mol. The van der Waals surface area contributed by atoms with Crippen molar-refractivity contribution in [2.75, 3.05) is 31.1 Å². The van der Waals surface area contributed by atoms with E-state index in [1.807, 2.05) is 49.1 Å². The number of carbonyl (C=O) groups is 1. The van der Waals surface area contributed by atoms with Crippen LogP contribution < -0.4 is 9.64 Å². The lowest BCUT2D eigenvalue weighted by atomic mass is 10.2. The van der Waals surface area contributed by atoms with Crippen LogP contribution in [0.25, 0.3) is 10.2 Å². The summed E-state index contributed by atoms with van der Waals surface area (Å²) in [6.45, 7) is 13.6. The second-order valence-electron chi connectivity index (χ2n) is 7.59. The van der Waals surface area contributed by atoms with Gasteiger partial charge in [-0.15, -0.1) is 12.4 Å². The molecule has 0 unspecified atom stereocenters. The quantitative estimate of drug-likeness (QED) is 0.403. The summed E-state index contributed by atoms with van der Waals surface area (Å²) in [6.07, 6.45) is 0.100. The molecule has 168 valence electrons. The molecule has 0 fully saturated rings. The number of hydrogen-bond donors (Lipinski definition) is 0. The molecule has 0 aliphatic carbocycles. The Morgan fingerprint density at radius 1 is 1.06 bits per heavy atom. The highest BCUT2D eigenvalue weighted by molar-refractivity contribution is 7.22. The summed E-state index contributed by atoms with van der Waals surface area (Å²) in [5.41, 5.74) is 2.74. The second kappa shape index (κ2) is 11.5. The highest BCUT2D eigenvalue weighted by Gasteiger charge is 2.22. The number of carbonyl (C=O) groups excluding carboxylic acids is 1. The molecule has 7 heteroatoms. The number of amides is 1. The summed E-state index contributed by atoms with van der Waals surface area (Å²) >= 11 is 1.57. The predicted octanol–water partition coefficient (Wildman–Crippen LogP) is 5.80. The fourth-order valence-corrected chi connectivity index (χ4v) is 4.43. The maximum Gasteiger partial charge on any atom is 0.260 e. The summed E-state index contributed by atoms with van der Waals surface area (Å²) in [7, 11) is 0. The first-order chi connectivity index (χ1) is 14.4. The monoisotopic (exact) mass is 461 g/mol. The zero-order valence-electron chi connectivity index (χ0n) is 18.9. The third-order valence-corrected chi connectivity index (χ3v) is 6.14. The highest BCUT2D eigenvalue weighted by atomic mass is 35.5. The number of thiazole rings is 1. The van der Waals surface area contributed by atoms with Gasteiger partial charge in [-0.05, 0) is 69.8 Å². The summed E-state index contributed by atoms with van der Waals surface area (Å²) < 4.78 is 6.82. The second-order valence-corrected chi connectivity index (χ2v) is 8.60. The van der Waals surface area contributed by atoms with E-state index in [0.717, 1.165) is 46.3 Å². The van der Waals surface area contributed by atoms with Gasteiger partial charge in [-0.1, -0.05) is 37.3 Å². The average Bonchev–Trinajstić information content (AvgIpc) is 3.16. The van der Waals surface area contributed by atoms with Crippen molar-refractivity contribution in [3.63, 3.8) is 0 Å². The number of ether oxygens (including phenoxy) is 1. The van der Waals surface area contributed by atoms with Gasteiger partial charge in [0, 0.05) is 18.7 Å². The van der Waals surface area contributed by atoms with E-state index in [1.54, 1.807) is 11.3 Å². The van der Waals surface area contributed by atoms with Crippen molar-refractivity contribution in [3.05, 3.63) is 53.6 Å². The number of hydrogen-bond acceptors (Lipinski definition) is 5. The lowest BCUT2D eigenvalue weighted by molar-refractivity contribution is 0.0983. The molecule has 0 radical (unpaired) electrons. The fraction of sp³-hybridized carbons (Fsp3) is 0.417. The molecule has 0 aliphatic rings. The minimum atomic E-state index is -0.0324. The molecule has 0 N–H and O–H groups in total. The van der Waals surface area contributed by atoms with Crippen molar-refractivity contribution in [1.82, 2.24) is 9.88 Å². The standard InChI is InChI=1S/C24H31N3O2S.ClH/c1-6-26(7-2)15-16-27(24-25-22-18(5)9-8-10-21(22)30-24)23(28)19-11-13-20(14-12-19)29-17(3)4;/h8-14,17H,6-7,15-16H2,1-5H3;1H. The molecule has 0 bridgehead atoms. The number of halogens is 1. The number of likely N-dealkylation sites (N-methyl/N-ethyl adjacent to an activating group) is 1.